The minimum Gasteiger partial charge on any atom is -0.210 e. The van der Waals surface area contributed by atoms with Crippen molar-refractivity contribution in [3.63, 3.8) is 0 Å². The molecule has 70 valence electrons. The molecule has 0 atom stereocenters. The molecular formula is C7H7NO3S2. The van der Waals surface area contributed by atoms with E-state index in [1.54, 1.807) is 19.2 Å². The maximum Gasteiger partial charge on any atom is 0.294 e. The Morgan fingerprint density at radius 3 is 2.46 bits per heavy atom. The number of rotatable bonds is 2. The van der Waals surface area contributed by atoms with Crippen molar-refractivity contribution < 1.29 is 13.2 Å². The van der Waals surface area contributed by atoms with Gasteiger partial charge in [-0.05, 0) is 24.8 Å². The van der Waals surface area contributed by atoms with Crippen molar-refractivity contribution in [2.75, 3.05) is 0 Å². The largest absolute Gasteiger partial charge is 0.294 e. The third-order valence-corrected chi connectivity index (χ3v) is 4.12. The maximum atomic E-state index is 11.3. The van der Waals surface area contributed by atoms with Crippen LogP contribution in [-0.4, -0.2) is 14.5 Å². The van der Waals surface area contributed by atoms with E-state index < -0.39 is 10.0 Å². The molecule has 0 aromatic carbocycles. The van der Waals surface area contributed by atoms with Crippen LogP contribution in [0.1, 0.15) is 10.4 Å². The number of aryl methyl sites for hydroxylation is 2. The minimum absolute atomic E-state index is 0.126. The Morgan fingerprint density at radius 2 is 2.08 bits per heavy atom. The average molecular weight is 217 g/mol. The molecule has 0 radical (unpaired) electrons. The van der Waals surface area contributed by atoms with E-state index in [0.29, 0.717) is 10.4 Å². The van der Waals surface area contributed by atoms with Crippen LogP contribution in [0.4, 0.5) is 0 Å². The van der Waals surface area contributed by atoms with E-state index in [4.69, 9.17) is 0 Å². The van der Waals surface area contributed by atoms with Crippen LogP contribution in [0.5, 0.6) is 0 Å². The highest BCUT2D eigenvalue weighted by Crippen LogP contribution is 2.26. The van der Waals surface area contributed by atoms with Gasteiger partial charge in [-0.1, -0.05) is 4.40 Å². The van der Waals surface area contributed by atoms with Crippen molar-refractivity contribution in [2.45, 2.75) is 18.7 Å². The monoisotopic (exact) mass is 217 g/mol. The molecule has 0 bridgehead atoms. The Bertz CT molecular complexity index is 446. The molecule has 0 spiro atoms. The Hall–Kier alpha value is -0.970. The maximum absolute atomic E-state index is 11.3. The van der Waals surface area contributed by atoms with Gasteiger partial charge in [-0.3, -0.25) is 0 Å². The summed E-state index contributed by atoms with van der Waals surface area (Å²) in [4.78, 5) is 10.6. The van der Waals surface area contributed by atoms with E-state index in [9.17, 15) is 13.2 Å². The third-order valence-electron chi connectivity index (χ3n) is 1.51. The highest BCUT2D eigenvalue weighted by Gasteiger charge is 2.19. The number of sulfonamides is 1. The molecule has 1 aromatic rings. The smallest absolute Gasteiger partial charge is 0.210 e. The summed E-state index contributed by atoms with van der Waals surface area (Å²) >= 11 is 1.31. The lowest BCUT2D eigenvalue weighted by Gasteiger charge is -1.95. The summed E-state index contributed by atoms with van der Waals surface area (Å²) in [7, 11) is -3.82. The van der Waals surface area contributed by atoms with Crippen LogP contribution >= 0.6 is 11.3 Å². The number of nitrogens with zero attached hydrogens (tertiary/aromatic N) is 1. The normalized spacial score (nSPS) is 10.9. The Kier molecular flexibility index (Phi) is 2.66. The summed E-state index contributed by atoms with van der Waals surface area (Å²) in [5.41, 5.74) is 0.613. The van der Waals surface area contributed by atoms with Gasteiger partial charge in [-0.25, -0.2) is 4.79 Å². The molecule has 1 aromatic heterocycles. The average Bonchev–Trinajstić information content (AvgIpc) is 2.31. The van der Waals surface area contributed by atoms with E-state index in [2.05, 4.69) is 4.40 Å². The number of carbonyl (C=O) groups excluding carboxylic acids is 1. The van der Waals surface area contributed by atoms with Gasteiger partial charge in [0.25, 0.3) is 16.1 Å². The molecule has 0 unspecified atom stereocenters. The predicted molar refractivity (Wildman–Crippen MR) is 49.1 cm³/mol. The lowest BCUT2D eigenvalue weighted by atomic mass is 10.3. The first-order valence-corrected chi connectivity index (χ1v) is 5.70. The second kappa shape index (κ2) is 3.41. The summed E-state index contributed by atoms with van der Waals surface area (Å²) in [5.74, 6) is 0. The summed E-state index contributed by atoms with van der Waals surface area (Å²) in [6, 6.07) is 0. The molecule has 0 aliphatic rings. The highest BCUT2D eigenvalue weighted by molar-refractivity contribution is 7.90. The molecule has 13 heavy (non-hydrogen) atoms. The molecule has 6 heteroatoms. The molecular weight excluding hydrogens is 210 g/mol. The fraction of sp³-hybridized carbons (Fsp3) is 0.286. The van der Waals surface area contributed by atoms with Crippen LogP contribution in [0.3, 0.4) is 0 Å². The molecule has 0 fully saturated rings. The van der Waals surface area contributed by atoms with Gasteiger partial charge in [-0.2, -0.15) is 8.42 Å². The number of thiophene rings is 1. The van der Waals surface area contributed by atoms with Crippen LogP contribution in [0.15, 0.2) is 14.7 Å². The fourth-order valence-electron chi connectivity index (χ4n) is 1.04. The molecule has 0 N–H and O–H groups in total. The van der Waals surface area contributed by atoms with E-state index >= 15 is 0 Å². The Morgan fingerprint density at radius 1 is 1.46 bits per heavy atom. The lowest BCUT2D eigenvalue weighted by Crippen LogP contribution is -1.98. The van der Waals surface area contributed by atoms with E-state index in [1.165, 1.54) is 11.3 Å². The van der Waals surface area contributed by atoms with Crippen LogP contribution in [0.2, 0.25) is 0 Å². The first-order chi connectivity index (χ1) is 5.99. The Balaban J connectivity index is 3.46. The van der Waals surface area contributed by atoms with E-state index in [1.807, 2.05) is 0 Å². The zero-order valence-corrected chi connectivity index (χ0v) is 8.70. The summed E-state index contributed by atoms with van der Waals surface area (Å²) in [6.45, 7) is 3.33. The highest BCUT2D eigenvalue weighted by atomic mass is 32.2. The standard InChI is InChI=1S/C7H7NO3S2/c1-5-3-12-6(2)7(5)13(10,11)8-4-9/h3H,1-2H3. The van der Waals surface area contributed by atoms with Gasteiger partial charge in [0, 0.05) is 4.88 Å². The molecule has 0 aliphatic carbocycles. The predicted octanol–water partition coefficient (Wildman–Crippen LogP) is 1.39. The van der Waals surface area contributed by atoms with Gasteiger partial charge in [0.15, 0.2) is 0 Å². The second-order valence-corrected chi connectivity index (χ2v) is 5.09. The summed E-state index contributed by atoms with van der Waals surface area (Å²) in [5, 5.41) is 1.71. The zero-order valence-electron chi connectivity index (χ0n) is 7.07. The van der Waals surface area contributed by atoms with E-state index in [0.717, 1.165) is 6.08 Å². The number of hydrogen-bond donors (Lipinski definition) is 0. The van der Waals surface area contributed by atoms with Gasteiger partial charge < -0.3 is 0 Å². The summed E-state index contributed by atoms with van der Waals surface area (Å²) < 4.78 is 25.4. The quantitative estimate of drug-likeness (QED) is 0.555. The van der Waals surface area contributed by atoms with Crippen molar-refractivity contribution in [2.24, 2.45) is 4.40 Å². The molecule has 0 amide bonds. The molecule has 1 heterocycles. The lowest BCUT2D eigenvalue weighted by molar-refractivity contribution is 0.563. The second-order valence-electron chi connectivity index (χ2n) is 2.46. The van der Waals surface area contributed by atoms with Gasteiger partial charge in [0.2, 0.25) is 0 Å². The SMILES string of the molecule is Cc1csc(C)c1S(=O)(=O)N=C=O. The van der Waals surface area contributed by atoms with Gasteiger partial charge in [0.1, 0.15) is 4.90 Å². The van der Waals surface area contributed by atoms with Crippen LogP contribution in [0, 0.1) is 13.8 Å². The molecule has 1 rings (SSSR count). The first-order valence-electron chi connectivity index (χ1n) is 3.38. The molecule has 0 saturated heterocycles. The van der Waals surface area contributed by atoms with Gasteiger partial charge in [-0.15, -0.1) is 11.3 Å². The van der Waals surface area contributed by atoms with Crippen LogP contribution < -0.4 is 0 Å². The summed E-state index contributed by atoms with van der Waals surface area (Å²) in [6.07, 6.45) is 1.04. The van der Waals surface area contributed by atoms with Crippen molar-refractivity contribution in [3.8, 4) is 0 Å². The first kappa shape index (κ1) is 10.1. The molecule has 0 aliphatic heterocycles. The third kappa shape index (κ3) is 1.85. The van der Waals surface area contributed by atoms with Gasteiger partial charge in [0.05, 0.1) is 0 Å². The van der Waals surface area contributed by atoms with Crippen LogP contribution in [-0.2, 0) is 14.8 Å². The minimum atomic E-state index is -3.82. The van der Waals surface area contributed by atoms with Crippen molar-refractivity contribution in [3.05, 3.63) is 15.8 Å². The fourth-order valence-corrected chi connectivity index (χ4v) is 3.33. The molecule has 4 nitrogen and oxygen atoms in total. The zero-order chi connectivity index (χ0) is 10.1. The van der Waals surface area contributed by atoms with Crippen molar-refractivity contribution in [1.82, 2.24) is 0 Å². The van der Waals surface area contributed by atoms with Crippen molar-refractivity contribution >= 4 is 27.4 Å². The van der Waals surface area contributed by atoms with Crippen molar-refractivity contribution in [1.29, 1.82) is 0 Å². The number of isocyanates is 1. The molecule has 0 saturated carbocycles. The topological polar surface area (TPSA) is 63.6 Å². The van der Waals surface area contributed by atoms with Crippen LogP contribution in [0.25, 0.3) is 0 Å². The van der Waals surface area contributed by atoms with E-state index in [-0.39, 0.29) is 4.90 Å². The van der Waals surface area contributed by atoms with Gasteiger partial charge >= 0.3 is 0 Å². The number of hydrogen-bond acceptors (Lipinski definition) is 4. The Labute approximate surface area is 80.0 Å².